The standard InChI is InChI=1S/C21H17N5O7S/c27-21(23-22-14-16-7-4-5-12-20(16)26(30)31)15-24(17-8-6-9-18(13-17)25(28)29)34(32,33)19-10-2-1-3-11-19/h1-14H,15H2,(H,23,27)/b22-14-. The Kier molecular flexibility index (Phi) is 7.28. The molecule has 3 rings (SSSR count). The Bertz CT molecular complexity index is 1360. The smallest absolute Gasteiger partial charge is 0.271 e. The monoisotopic (exact) mass is 483 g/mol. The summed E-state index contributed by atoms with van der Waals surface area (Å²) < 4.78 is 27.2. The van der Waals surface area contributed by atoms with Gasteiger partial charge in [0.25, 0.3) is 27.3 Å². The van der Waals surface area contributed by atoms with E-state index in [4.69, 9.17) is 0 Å². The second kappa shape index (κ2) is 10.3. The molecule has 0 radical (unpaired) electrons. The van der Waals surface area contributed by atoms with E-state index >= 15 is 0 Å². The highest BCUT2D eigenvalue weighted by Crippen LogP contribution is 2.26. The average molecular weight is 483 g/mol. The summed E-state index contributed by atoms with van der Waals surface area (Å²) in [5, 5.41) is 25.9. The maximum Gasteiger partial charge on any atom is 0.278 e. The number of non-ortho nitro benzene ring substituents is 1. The third-order valence-corrected chi connectivity index (χ3v) is 6.26. The first-order valence-electron chi connectivity index (χ1n) is 9.57. The van der Waals surface area contributed by atoms with Crippen molar-refractivity contribution in [3.05, 3.63) is 105 Å². The fraction of sp³-hybridized carbons (Fsp3) is 0.0476. The second-order valence-corrected chi connectivity index (χ2v) is 8.57. The van der Waals surface area contributed by atoms with Crippen LogP contribution in [0.1, 0.15) is 5.56 Å². The van der Waals surface area contributed by atoms with Crippen LogP contribution in [0.25, 0.3) is 0 Å². The number of amides is 1. The maximum atomic E-state index is 13.2. The third-order valence-electron chi connectivity index (χ3n) is 4.47. The lowest BCUT2D eigenvalue weighted by Crippen LogP contribution is -2.39. The van der Waals surface area contributed by atoms with Gasteiger partial charge in [-0.1, -0.05) is 36.4 Å². The number of nitrogens with zero attached hydrogens (tertiary/aromatic N) is 4. The van der Waals surface area contributed by atoms with E-state index in [0.29, 0.717) is 4.31 Å². The van der Waals surface area contributed by atoms with Gasteiger partial charge in [-0.2, -0.15) is 5.10 Å². The first kappa shape index (κ1) is 24.0. The van der Waals surface area contributed by atoms with E-state index in [1.54, 1.807) is 12.1 Å². The van der Waals surface area contributed by atoms with Gasteiger partial charge < -0.3 is 0 Å². The molecule has 0 atom stereocenters. The first-order valence-corrected chi connectivity index (χ1v) is 11.0. The van der Waals surface area contributed by atoms with E-state index < -0.39 is 32.3 Å². The summed E-state index contributed by atoms with van der Waals surface area (Å²) >= 11 is 0. The number of hydrazone groups is 1. The topological polar surface area (TPSA) is 165 Å². The molecule has 0 unspecified atom stereocenters. The molecule has 1 N–H and O–H groups in total. The van der Waals surface area contributed by atoms with Crippen molar-refractivity contribution in [3.8, 4) is 0 Å². The van der Waals surface area contributed by atoms with Crippen LogP contribution < -0.4 is 9.73 Å². The van der Waals surface area contributed by atoms with Gasteiger partial charge in [0.2, 0.25) is 0 Å². The van der Waals surface area contributed by atoms with E-state index in [1.807, 2.05) is 0 Å². The van der Waals surface area contributed by atoms with Crippen molar-refractivity contribution in [1.29, 1.82) is 0 Å². The molecule has 0 spiro atoms. The molecule has 0 aliphatic rings. The molecule has 13 heteroatoms. The zero-order valence-corrected chi connectivity index (χ0v) is 18.2. The van der Waals surface area contributed by atoms with E-state index in [1.165, 1.54) is 60.7 Å². The minimum atomic E-state index is -4.28. The molecule has 34 heavy (non-hydrogen) atoms. The molecule has 0 saturated heterocycles. The normalized spacial score (nSPS) is 11.2. The van der Waals surface area contributed by atoms with Gasteiger partial charge in [-0.05, 0) is 24.3 Å². The van der Waals surface area contributed by atoms with Crippen LogP contribution in [0.5, 0.6) is 0 Å². The van der Waals surface area contributed by atoms with Crippen LogP contribution in [-0.2, 0) is 14.8 Å². The molecular formula is C21H17N5O7S. The molecule has 3 aromatic rings. The molecule has 0 bridgehead atoms. The molecule has 12 nitrogen and oxygen atoms in total. The van der Waals surface area contributed by atoms with E-state index in [0.717, 1.165) is 12.3 Å². The fourth-order valence-corrected chi connectivity index (χ4v) is 4.33. The fourth-order valence-electron chi connectivity index (χ4n) is 2.90. The molecular weight excluding hydrogens is 466 g/mol. The van der Waals surface area contributed by atoms with Crippen LogP contribution in [0.2, 0.25) is 0 Å². The molecule has 0 saturated carbocycles. The largest absolute Gasteiger partial charge is 0.278 e. The predicted octanol–water partition coefficient (Wildman–Crippen LogP) is 2.85. The molecule has 1 amide bonds. The Morgan fingerprint density at radius 3 is 2.29 bits per heavy atom. The van der Waals surface area contributed by atoms with Gasteiger partial charge in [0.05, 0.1) is 32.2 Å². The molecule has 0 fully saturated rings. The van der Waals surface area contributed by atoms with Gasteiger partial charge in [-0.25, -0.2) is 13.8 Å². The summed E-state index contributed by atoms with van der Waals surface area (Å²) in [6.45, 7) is -0.757. The predicted molar refractivity (Wildman–Crippen MR) is 123 cm³/mol. The number of hydrogen-bond donors (Lipinski definition) is 1. The molecule has 174 valence electrons. The Morgan fingerprint density at radius 1 is 0.941 bits per heavy atom. The third kappa shape index (κ3) is 5.58. The molecule has 0 aliphatic heterocycles. The average Bonchev–Trinajstić information content (AvgIpc) is 2.83. The lowest BCUT2D eigenvalue weighted by molar-refractivity contribution is -0.385. The van der Waals surface area contributed by atoms with Crippen molar-refractivity contribution < 1.29 is 23.1 Å². The number of carbonyl (C=O) groups is 1. The number of para-hydroxylation sites is 1. The summed E-state index contributed by atoms with van der Waals surface area (Å²) in [5.74, 6) is -0.874. The maximum absolute atomic E-state index is 13.2. The van der Waals surface area contributed by atoms with Gasteiger partial charge in [0.1, 0.15) is 6.54 Å². The number of sulfonamides is 1. The van der Waals surface area contributed by atoms with Crippen molar-refractivity contribution in [3.63, 3.8) is 0 Å². The van der Waals surface area contributed by atoms with Gasteiger partial charge in [0.15, 0.2) is 0 Å². The molecule has 0 aromatic heterocycles. The number of rotatable bonds is 9. The lowest BCUT2D eigenvalue weighted by Gasteiger charge is -2.23. The minimum Gasteiger partial charge on any atom is -0.271 e. The van der Waals surface area contributed by atoms with E-state index in [9.17, 15) is 33.4 Å². The van der Waals surface area contributed by atoms with Crippen LogP contribution in [0, 0.1) is 20.2 Å². The molecule has 3 aromatic carbocycles. The number of carbonyl (C=O) groups excluding carboxylic acids is 1. The number of nitro groups is 2. The number of nitrogens with one attached hydrogen (secondary N) is 1. The van der Waals surface area contributed by atoms with Crippen LogP contribution in [-0.4, -0.2) is 36.9 Å². The molecule has 0 heterocycles. The molecule has 0 aliphatic carbocycles. The highest BCUT2D eigenvalue weighted by molar-refractivity contribution is 7.92. The lowest BCUT2D eigenvalue weighted by atomic mass is 10.2. The zero-order chi connectivity index (χ0) is 24.7. The minimum absolute atomic E-state index is 0.101. The quantitative estimate of drug-likeness (QED) is 0.277. The summed E-state index contributed by atoms with van der Waals surface area (Å²) in [6, 6.07) is 17.8. The SMILES string of the molecule is O=C(CN(c1cccc([N+](=O)[O-])c1)S(=O)(=O)c1ccccc1)N/N=C\c1ccccc1[N+](=O)[O-]. The second-order valence-electron chi connectivity index (χ2n) is 6.71. The van der Waals surface area contributed by atoms with Gasteiger partial charge in [0, 0.05) is 18.2 Å². The first-order chi connectivity index (χ1) is 16.2. The summed E-state index contributed by atoms with van der Waals surface area (Å²) in [7, 11) is -4.28. The van der Waals surface area contributed by atoms with Gasteiger partial charge in [-0.3, -0.25) is 29.3 Å². The van der Waals surface area contributed by atoms with Gasteiger partial charge in [-0.15, -0.1) is 0 Å². The van der Waals surface area contributed by atoms with Crippen molar-refractivity contribution in [1.82, 2.24) is 5.43 Å². The Balaban J connectivity index is 1.89. The summed E-state index contributed by atoms with van der Waals surface area (Å²) in [5.41, 5.74) is 1.56. The van der Waals surface area contributed by atoms with Crippen LogP contribution in [0.3, 0.4) is 0 Å². The Labute approximate surface area is 193 Å². The van der Waals surface area contributed by atoms with Crippen LogP contribution in [0.4, 0.5) is 17.1 Å². The van der Waals surface area contributed by atoms with Crippen molar-refractivity contribution >= 4 is 39.2 Å². The summed E-state index contributed by atoms with van der Waals surface area (Å²) in [6.07, 6.45) is 1.05. The zero-order valence-electron chi connectivity index (χ0n) is 17.3. The summed E-state index contributed by atoms with van der Waals surface area (Å²) in [4.78, 5) is 33.3. The van der Waals surface area contributed by atoms with E-state index in [-0.39, 0.29) is 27.5 Å². The van der Waals surface area contributed by atoms with Crippen LogP contribution >= 0.6 is 0 Å². The Hall–Kier alpha value is -4.65. The van der Waals surface area contributed by atoms with Gasteiger partial charge >= 0.3 is 0 Å². The van der Waals surface area contributed by atoms with E-state index in [2.05, 4.69) is 10.5 Å². The number of benzene rings is 3. The number of hydrogen-bond acceptors (Lipinski definition) is 8. The highest BCUT2D eigenvalue weighted by Gasteiger charge is 2.28. The van der Waals surface area contributed by atoms with Crippen molar-refractivity contribution in [2.45, 2.75) is 4.90 Å². The van der Waals surface area contributed by atoms with Crippen molar-refractivity contribution in [2.24, 2.45) is 5.10 Å². The highest BCUT2D eigenvalue weighted by atomic mass is 32.2. The number of nitro benzene ring substituents is 2. The Morgan fingerprint density at radius 2 is 1.62 bits per heavy atom. The van der Waals surface area contributed by atoms with Crippen molar-refractivity contribution in [2.75, 3.05) is 10.8 Å². The number of anilines is 1. The van der Waals surface area contributed by atoms with Crippen LogP contribution in [0.15, 0.2) is 88.9 Å².